The van der Waals surface area contributed by atoms with E-state index in [4.69, 9.17) is 0 Å². The second-order valence-corrected chi connectivity index (χ2v) is 4.12. The molecule has 1 rings (SSSR count). The molecule has 0 fully saturated rings. The third-order valence-electron chi connectivity index (χ3n) is 2.69. The molecule has 0 aliphatic carbocycles. The fourth-order valence-corrected chi connectivity index (χ4v) is 1.73. The van der Waals surface area contributed by atoms with Crippen LogP contribution in [0.5, 0.6) is 5.75 Å². The number of hydrogen-bond donors (Lipinski definition) is 2. The second-order valence-electron chi connectivity index (χ2n) is 4.12. The van der Waals surface area contributed by atoms with Crippen molar-refractivity contribution in [3.63, 3.8) is 0 Å². The van der Waals surface area contributed by atoms with Crippen LogP contribution in [0.2, 0.25) is 0 Å². The van der Waals surface area contributed by atoms with Gasteiger partial charge in [-0.2, -0.15) is 0 Å². The summed E-state index contributed by atoms with van der Waals surface area (Å²) in [7, 11) is 0. The van der Waals surface area contributed by atoms with E-state index in [-0.39, 0.29) is 11.7 Å². The summed E-state index contributed by atoms with van der Waals surface area (Å²) in [5, 5.41) is 12.1. The van der Waals surface area contributed by atoms with E-state index in [9.17, 15) is 9.90 Å². The maximum absolute atomic E-state index is 11.7. The van der Waals surface area contributed by atoms with Gasteiger partial charge in [-0.25, -0.2) is 0 Å². The van der Waals surface area contributed by atoms with Crippen molar-refractivity contribution >= 4 is 5.91 Å². The largest absolute Gasteiger partial charge is 0.506 e. The molecule has 0 aliphatic heterocycles. The predicted molar refractivity (Wildman–Crippen MR) is 70.6 cm³/mol. The highest BCUT2D eigenvalue weighted by Crippen LogP contribution is 2.07. The quantitative estimate of drug-likeness (QED) is 0.765. The second kappa shape index (κ2) is 7.66. The lowest BCUT2D eigenvalue weighted by atomic mass is 10.2. The van der Waals surface area contributed by atoms with Gasteiger partial charge in [-0.1, -0.05) is 13.8 Å². The maximum atomic E-state index is 11.7. The number of aromatic hydroxyl groups is 1. The summed E-state index contributed by atoms with van der Waals surface area (Å²) in [6.45, 7) is 7.71. The van der Waals surface area contributed by atoms with Crippen LogP contribution in [0.15, 0.2) is 18.5 Å². The van der Waals surface area contributed by atoms with Crippen LogP contribution >= 0.6 is 0 Å². The molecule has 0 atom stereocenters. The number of carbonyl (C=O) groups excluding carboxylic acids is 1. The lowest BCUT2D eigenvalue weighted by Gasteiger charge is -2.19. The van der Waals surface area contributed by atoms with Gasteiger partial charge in [0.2, 0.25) is 0 Å². The highest BCUT2D eigenvalue weighted by Gasteiger charge is 2.07. The minimum Gasteiger partial charge on any atom is -0.506 e. The van der Waals surface area contributed by atoms with Crippen LogP contribution in [-0.4, -0.2) is 47.1 Å². The summed E-state index contributed by atoms with van der Waals surface area (Å²) in [4.78, 5) is 17.8. The Kier molecular flexibility index (Phi) is 6.14. The zero-order chi connectivity index (χ0) is 13.4. The van der Waals surface area contributed by atoms with Crippen LogP contribution < -0.4 is 5.32 Å². The van der Waals surface area contributed by atoms with Gasteiger partial charge in [-0.15, -0.1) is 0 Å². The molecule has 2 N–H and O–H groups in total. The number of carbonyl (C=O) groups is 1. The van der Waals surface area contributed by atoms with Gasteiger partial charge in [0, 0.05) is 19.3 Å². The van der Waals surface area contributed by atoms with Crippen molar-refractivity contribution in [2.75, 3.05) is 26.2 Å². The molecule has 100 valence electrons. The molecule has 1 aromatic heterocycles. The van der Waals surface area contributed by atoms with Gasteiger partial charge >= 0.3 is 0 Å². The first kappa shape index (κ1) is 14.4. The summed E-state index contributed by atoms with van der Waals surface area (Å²) in [5.41, 5.74) is 0.383. The van der Waals surface area contributed by atoms with Crippen molar-refractivity contribution in [1.82, 2.24) is 15.2 Å². The first-order valence-electron chi connectivity index (χ1n) is 6.32. The Labute approximate surface area is 108 Å². The van der Waals surface area contributed by atoms with Gasteiger partial charge in [-0.3, -0.25) is 9.78 Å². The number of hydrogen-bond acceptors (Lipinski definition) is 4. The van der Waals surface area contributed by atoms with E-state index >= 15 is 0 Å². The predicted octanol–water partition coefficient (Wildman–Crippen LogP) is 1.25. The fraction of sp³-hybridized carbons (Fsp3) is 0.538. The molecule has 1 amide bonds. The summed E-state index contributed by atoms with van der Waals surface area (Å²) in [6.07, 6.45) is 3.85. The Morgan fingerprint density at radius 3 is 2.78 bits per heavy atom. The molecule has 0 aliphatic rings. The lowest BCUT2D eigenvalue weighted by Crippen LogP contribution is -2.35. The van der Waals surface area contributed by atoms with Crippen LogP contribution in [-0.2, 0) is 0 Å². The van der Waals surface area contributed by atoms with E-state index in [1.165, 1.54) is 18.5 Å². The van der Waals surface area contributed by atoms with Gasteiger partial charge in [0.05, 0.1) is 11.8 Å². The average molecular weight is 251 g/mol. The smallest absolute Gasteiger partial charge is 0.253 e. The van der Waals surface area contributed by atoms with Gasteiger partial charge in [0.1, 0.15) is 5.75 Å². The van der Waals surface area contributed by atoms with E-state index < -0.39 is 0 Å². The summed E-state index contributed by atoms with van der Waals surface area (Å²) in [5.74, 6) is -0.199. The van der Waals surface area contributed by atoms with Gasteiger partial charge in [0.15, 0.2) is 0 Å². The number of rotatable bonds is 7. The molecule has 18 heavy (non-hydrogen) atoms. The maximum Gasteiger partial charge on any atom is 0.253 e. The third kappa shape index (κ3) is 4.71. The Bertz CT molecular complexity index is 382. The van der Waals surface area contributed by atoms with E-state index in [1.807, 2.05) is 0 Å². The highest BCUT2D eigenvalue weighted by atomic mass is 16.3. The monoisotopic (exact) mass is 251 g/mol. The van der Waals surface area contributed by atoms with Gasteiger partial charge < -0.3 is 15.3 Å². The van der Waals surface area contributed by atoms with Crippen molar-refractivity contribution in [3.05, 3.63) is 24.0 Å². The molecule has 0 aromatic carbocycles. The molecule has 0 bridgehead atoms. The molecule has 0 saturated carbocycles. The molecule has 5 heteroatoms. The van der Waals surface area contributed by atoms with Crippen molar-refractivity contribution in [3.8, 4) is 5.75 Å². The normalized spacial score (nSPS) is 10.6. The molecular weight excluding hydrogens is 230 g/mol. The van der Waals surface area contributed by atoms with Crippen LogP contribution in [0.3, 0.4) is 0 Å². The highest BCUT2D eigenvalue weighted by molar-refractivity contribution is 5.94. The summed E-state index contributed by atoms with van der Waals surface area (Å²) in [6, 6.07) is 1.41. The van der Waals surface area contributed by atoms with Crippen LogP contribution in [0.1, 0.15) is 30.6 Å². The average Bonchev–Trinajstić information content (AvgIpc) is 2.37. The minimum absolute atomic E-state index is 0.00353. The lowest BCUT2D eigenvalue weighted by molar-refractivity contribution is 0.0948. The molecule has 5 nitrogen and oxygen atoms in total. The number of nitrogens with one attached hydrogen (secondary N) is 1. The molecular formula is C13H21N3O2. The molecule has 0 radical (unpaired) electrons. The van der Waals surface area contributed by atoms with Crippen LogP contribution in [0.25, 0.3) is 0 Å². The third-order valence-corrected chi connectivity index (χ3v) is 2.69. The van der Waals surface area contributed by atoms with Crippen LogP contribution in [0.4, 0.5) is 0 Å². The first-order chi connectivity index (χ1) is 8.67. The number of pyridine rings is 1. The Morgan fingerprint density at radius 1 is 1.39 bits per heavy atom. The molecule has 0 saturated heterocycles. The Balaban J connectivity index is 2.37. The van der Waals surface area contributed by atoms with E-state index in [0.29, 0.717) is 12.1 Å². The van der Waals surface area contributed by atoms with Gasteiger partial charge in [0.25, 0.3) is 5.91 Å². The zero-order valence-electron chi connectivity index (χ0n) is 11.0. The van der Waals surface area contributed by atoms with Crippen LogP contribution in [0, 0.1) is 0 Å². The topological polar surface area (TPSA) is 65.5 Å². The van der Waals surface area contributed by atoms with Crippen molar-refractivity contribution < 1.29 is 9.90 Å². The SMILES string of the molecule is CCCN(CC)CCNC(=O)c1cncc(O)c1. The summed E-state index contributed by atoms with van der Waals surface area (Å²) >= 11 is 0. The zero-order valence-corrected chi connectivity index (χ0v) is 11.0. The molecule has 0 spiro atoms. The summed E-state index contributed by atoms with van der Waals surface area (Å²) < 4.78 is 0. The Hall–Kier alpha value is -1.62. The number of amides is 1. The standard InChI is InChI=1S/C13H21N3O2/c1-3-6-16(4-2)7-5-15-13(18)11-8-12(17)10-14-9-11/h8-10,17H,3-7H2,1-2H3,(H,15,18). The van der Waals surface area contributed by atoms with E-state index in [2.05, 4.69) is 29.0 Å². The van der Waals surface area contributed by atoms with E-state index in [0.717, 1.165) is 26.1 Å². The minimum atomic E-state index is -0.203. The molecule has 1 aromatic rings. The van der Waals surface area contributed by atoms with Gasteiger partial charge in [-0.05, 0) is 25.6 Å². The van der Waals surface area contributed by atoms with Crippen molar-refractivity contribution in [2.45, 2.75) is 20.3 Å². The fourth-order valence-electron chi connectivity index (χ4n) is 1.73. The molecule has 0 unspecified atom stereocenters. The van der Waals surface area contributed by atoms with Crippen molar-refractivity contribution in [2.24, 2.45) is 0 Å². The van der Waals surface area contributed by atoms with Crippen molar-refractivity contribution in [1.29, 1.82) is 0 Å². The number of aromatic nitrogens is 1. The first-order valence-corrected chi connectivity index (χ1v) is 6.32. The molecule has 1 heterocycles. The number of likely N-dealkylation sites (N-methyl/N-ethyl adjacent to an activating group) is 1. The number of nitrogens with zero attached hydrogens (tertiary/aromatic N) is 2. The van der Waals surface area contributed by atoms with E-state index in [1.54, 1.807) is 0 Å². The Morgan fingerprint density at radius 2 is 2.17 bits per heavy atom.